The average Bonchev–Trinajstić information content (AvgIpc) is 2.67. The number of amides is 1. The minimum absolute atomic E-state index is 0.0457. The first-order chi connectivity index (χ1) is 13.3. The van der Waals surface area contributed by atoms with Crippen LogP contribution >= 0.6 is 11.8 Å². The number of sulfonamides is 1. The minimum Gasteiger partial charge on any atom is -0.348 e. The minimum atomic E-state index is -3.55. The summed E-state index contributed by atoms with van der Waals surface area (Å²) < 4.78 is 51.5. The smallest absolute Gasteiger partial charge is 0.290 e. The van der Waals surface area contributed by atoms with Crippen molar-refractivity contribution < 1.29 is 22.0 Å². The van der Waals surface area contributed by atoms with E-state index in [4.69, 9.17) is 0 Å². The standard InChI is InChI=1S/C18H21F2N3O3S2/c1-3-23(4-2)28(25,26)14-9-7-13(8-10-14)12-22-16(24)15-6-5-11-21-17(15)27-18(19)20/h5-11,18H,3-4,12H2,1-2H3,(H,22,24). The fraction of sp³-hybridized carbons (Fsp3) is 0.333. The Labute approximate surface area is 167 Å². The number of nitrogens with one attached hydrogen (secondary N) is 1. The lowest BCUT2D eigenvalue weighted by Crippen LogP contribution is -2.30. The van der Waals surface area contributed by atoms with Gasteiger partial charge in [-0.15, -0.1) is 0 Å². The molecule has 1 heterocycles. The number of rotatable bonds is 9. The first-order valence-electron chi connectivity index (χ1n) is 8.56. The molecular weight excluding hydrogens is 408 g/mol. The van der Waals surface area contributed by atoms with Crippen molar-refractivity contribution in [3.8, 4) is 0 Å². The molecule has 0 saturated heterocycles. The Bertz CT molecular complexity index is 903. The van der Waals surface area contributed by atoms with Crippen molar-refractivity contribution in [2.45, 2.75) is 36.1 Å². The van der Waals surface area contributed by atoms with Crippen molar-refractivity contribution in [2.24, 2.45) is 0 Å². The monoisotopic (exact) mass is 429 g/mol. The fourth-order valence-corrected chi connectivity index (χ4v) is 4.55. The third-order valence-electron chi connectivity index (χ3n) is 3.94. The molecule has 10 heteroatoms. The van der Waals surface area contributed by atoms with E-state index >= 15 is 0 Å². The highest BCUT2D eigenvalue weighted by Gasteiger charge is 2.21. The lowest BCUT2D eigenvalue weighted by molar-refractivity contribution is 0.0947. The number of halogens is 2. The quantitative estimate of drug-likeness (QED) is 0.619. The van der Waals surface area contributed by atoms with Crippen LogP contribution in [0, 0.1) is 0 Å². The Morgan fingerprint density at radius 2 is 1.82 bits per heavy atom. The molecule has 1 aromatic heterocycles. The summed E-state index contributed by atoms with van der Waals surface area (Å²) >= 11 is 0.210. The summed E-state index contributed by atoms with van der Waals surface area (Å²) in [6, 6.07) is 9.10. The zero-order valence-corrected chi connectivity index (χ0v) is 17.1. The van der Waals surface area contributed by atoms with Gasteiger partial charge in [-0.2, -0.15) is 13.1 Å². The van der Waals surface area contributed by atoms with E-state index in [0.717, 1.165) is 0 Å². The second-order valence-electron chi connectivity index (χ2n) is 5.65. The molecular formula is C18H21F2N3O3S2. The molecule has 2 rings (SSSR count). The van der Waals surface area contributed by atoms with E-state index in [1.807, 2.05) is 0 Å². The van der Waals surface area contributed by atoms with Crippen LogP contribution < -0.4 is 5.32 Å². The average molecular weight is 430 g/mol. The predicted octanol–water partition coefficient (Wildman–Crippen LogP) is 3.36. The van der Waals surface area contributed by atoms with Crippen LogP contribution in [0.2, 0.25) is 0 Å². The van der Waals surface area contributed by atoms with Crippen LogP contribution in [0.3, 0.4) is 0 Å². The molecule has 152 valence electrons. The van der Waals surface area contributed by atoms with Gasteiger partial charge in [-0.25, -0.2) is 13.4 Å². The number of aromatic nitrogens is 1. The van der Waals surface area contributed by atoms with Crippen molar-refractivity contribution in [2.75, 3.05) is 13.1 Å². The Hall–Kier alpha value is -2.04. The molecule has 2 aromatic rings. The van der Waals surface area contributed by atoms with Gasteiger partial charge in [-0.3, -0.25) is 4.79 Å². The van der Waals surface area contributed by atoms with Crippen molar-refractivity contribution in [3.63, 3.8) is 0 Å². The summed E-state index contributed by atoms with van der Waals surface area (Å²) in [4.78, 5) is 16.3. The molecule has 0 fully saturated rings. The summed E-state index contributed by atoms with van der Waals surface area (Å²) in [6.07, 6.45) is 1.34. The van der Waals surface area contributed by atoms with E-state index < -0.39 is 21.7 Å². The molecule has 0 atom stereocenters. The van der Waals surface area contributed by atoms with Gasteiger partial charge in [-0.05, 0) is 41.6 Å². The Kier molecular flexibility index (Phi) is 7.90. The fourth-order valence-electron chi connectivity index (χ4n) is 2.51. The molecule has 1 aromatic carbocycles. The zero-order valence-electron chi connectivity index (χ0n) is 15.4. The molecule has 1 amide bonds. The molecule has 0 saturated carbocycles. The molecule has 0 aliphatic rings. The molecule has 0 aliphatic heterocycles. The van der Waals surface area contributed by atoms with Crippen LogP contribution in [-0.4, -0.2) is 42.5 Å². The van der Waals surface area contributed by atoms with Crippen LogP contribution in [0.15, 0.2) is 52.5 Å². The lowest BCUT2D eigenvalue weighted by atomic mass is 10.2. The Morgan fingerprint density at radius 1 is 1.18 bits per heavy atom. The molecule has 0 spiro atoms. The maximum atomic E-state index is 12.6. The topological polar surface area (TPSA) is 79.4 Å². The van der Waals surface area contributed by atoms with Gasteiger partial charge < -0.3 is 5.32 Å². The van der Waals surface area contributed by atoms with Crippen molar-refractivity contribution in [1.29, 1.82) is 0 Å². The first-order valence-corrected chi connectivity index (χ1v) is 10.9. The van der Waals surface area contributed by atoms with Gasteiger partial charge in [0.05, 0.1) is 10.5 Å². The highest BCUT2D eigenvalue weighted by molar-refractivity contribution is 7.99. The number of pyridine rings is 1. The number of thioether (sulfide) groups is 1. The van der Waals surface area contributed by atoms with Gasteiger partial charge in [0.15, 0.2) is 0 Å². The normalized spacial score (nSPS) is 11.8. The van der Waals surface area contributed by atoms with Gasteiger partial charge in [0.25, 0.3) is 11.7 Å². The van der Waals surface area contributed by atoms with Gasteiger partial charge in [0.1, 0.15) is 5.03 Å². The molecule has 28 heavy (non-hydrogen) atoms. The van der Waals surface area contributed by atoms with Crippen LogP contribution in [0.4, 0.5) is 8.78 Å². The van der Waals surface area contributed by atoms with E-state index in [9.17, 15) is 22.0 Å². The number of carbonyl (C=O) groups is 1. The number of hydrogen-bond donors (Lipinski definition) is 1. The van der Waals surface area contributed by atoms with E-state index in [2.05, 4.69) is 10.3 Å². The lowest BCUT2D eigenvalue weighted by Gasteiger charge is -2.18. The van der Waals surface area contributed by atoms with E-state index in [-0.39, 0.29) is 33.8 Å². The molecule has 0 aliphatic carbocycles. The number of nitrogens with zero attached hydrogens (tertiary/aromatic N) is 2. The number of alkyl halides is 2. The van der Waals surface area contributed by atoms with Gasteiger partial charge >= 0.3 is 0 Å². The maximum absolute atomic E-state index is 12.6. The van der Waals surface area contributed by atoms with Crippen LogP contribution in [0.25, 0.3) is 0 Å². The van der Waals surface area contributed by atoms with Gasteiger partial charge in [-0.1, -0.05) is 26.0 Å². The third kappa shape index (κ3) is 5.49. The zero-order chi connectivity index (χ0) is 20.7. The van der Waals surface area contributed by atoms with Crippen LogP contribution in [0.1, 0.15) is 29.8 Å². The largest absolute Gasteiger partial charge is 0.348 e. The second kappa shape index (κ2) is 9.94. The maximum Gasteiger partial charge on any atom is 0.290 e. The van der Waals surface area contributed by atoms with Gasteiger partial charge in [0, 0.05) is 25.8 Å². The second-order valence-corrected chi connectivity index (χ2v) is 8.57. The predicted molar refractivity (Wildman–Crippen MR) is 104 cm³/mol. The molecule has 0 radical (unpaired) electrons. The molecule has 1 N–H and O–H groups in total. The molecule has 0 bridgehead atoms. The summed E-state index contributed by atoms with van der Waals surface area (Å²) in [5.41, 5.74) is 0.743. The summed E-state index contributed by atoms with van der Waals surface area (Å²) in [6.45, 7) is 4.41. The van der Waals surface area contributed by atoms with E-state index in [1.165, 1.54) is 34.8 Å². The van der Waals surface area contributed by atoms with Crippen LogP contribution in [0.5, 0.6) is 0 Å². The van der Waals surface area contributed by atoms with Crippen molar-refractivity contribution in [3.05, 3.63) is 53.7 Å². The SMILES string of the molecule is CCN(CC)S(=O)(=O)c1ccc(CNC(=O)c2cccnc2SC(F)F)cc1. The first kappa shape index (κ1) is 22.3. The van der Waals surface area contributed by atoms with Crippen molar-refractivity contribution in [1.82, 2.24) is 14.6 Å². The Morgan fingerprint density at radius 3 is 2.39 bits per heavy atom. The van der Waals surface area contributed by atoms with Gasteiger partial charge in [0.2, 0.25) is 10.0 Å². The van der Waals surface area contributed by atoms with E-state index in [0.29, 0.717) is 18.7 Å². The van der Waals surface area contributed by atoms with Crippen LogP contribution in [-0.2, 0) is 16.6 Å². The van der Waals surface area contributed by atoms with Crippen molar-refractivity contribution >= 4 is 27.7 Å². The summed E-state index contributed by atoms with van der Waals surface area (Å²) in [5.74, 6) is -3.21. The number of carbonyl (C=O) groups excluding carboxylic acids is 1. The highest BCUT2D eigenvalue weighted by atomic mass is 32.2. The van der Waals surface area contributed by atoms with E-state index in [1.54, 1.807) is 26.0 Å². The highest BCUT2D eigenvalue weighted by Crippen LogP contribution is 2.26. The third-order valence-corrected chi connectivity index (χ3v) is 6.73. The molecule has 6 nitrogen and oxygen atoms in total. The summed E-state index contributed by atoms with van der Waals surface area (Å²) in [7, 11) is -3.55. The number of benzene rings is 1. The number of hydrogen-bond acceptors (Lipinski definition) is 5. The molecule has 0 unspecified atom stereocenters. The Balaban J connectivity index is 2.07. The summed E-state index contributed by atoms with van der Waals surface area (Å²) in [5, 5.41) is 2.59.